The van der Waals surface area contributed by atoms with E-state index in [4.69, 9.17) is 0 Å². The molecule has 0 aromatic heterocycles. The van der Waals surface area contributed by atoms with Crippen molar-refractivity contribution in [3.63, 3.8) is 0 Å². The molecule has 0 saturated heterocycles. The van der Waals surface area contributed by atoms with E-state index in [9.17, 15) is 4.79 Å². The van der Waals surface area contributed by atoms with Gasteiger partial charge in [0.2, 0.25) is 0 Å². The first-order valence-corrected chi connectivity index (χ1v) is 11.3. The van der Waals surface area contributed by atoms with Crippen LogP contribution in [0.5, 0.6) is 0 Å². The Morgan fingerprint density at radius 2 is 1.52 bits per heavy atom. The molecule has 146 valence electrons. The molecule has 2 aliphatic carbocycles. The highest BCUT2D eigenvalue weighted by atomic mass is 79.9. The van der Waals surface area contributed by atoms with Crippen LogP contribution in [0.4, 0.5) is 11.4 Å². The van der Waals surface area contributed by atoms with Gasteiger partial charge in [0.05, 0.1) is 0 Å². The van der Waals surface area contributed by atoms with E-state index in [1.165, 1.54) is 16.8 Å². The van der Waals surface area contributed by atoms with Crippen molar-refractivity contribution in [2.75, 3.05) is 23.3 Å². The van der Waals surface area contributed by atoms with Crippen LogP contribution in [0, 0.1) is 11.8 Å². The summed E-state index contributed by atoms with van der Waals surface area (Å²) in [6, 6.07) is 12.1. The van der Waals surface area contributed by atoms with Gasteiger partial charge < -0.3 is 10.2 Å². The number of nitrogens with one attached hydrogen (secondary N) is 1. The van der Waals surface area contributed by atoms with Crippen molar-refractivity contribution in [1.29, 1.82) is 0 Å². The van der Waals surface area contributed by atoms with Gasteiger partial charge in [0, 0.05) is 46.3 Å². The molecule has 0 spiro atoms. The molecule has 4 atom stereocenters. The highest BCUT2D eigenvalue weighted by Gasteiger charge is 2.42. The molecule has 2 aliphatic heterocycles. The van der Waals surface area contributed by atoms with Crippen LogP contribution in [0.2, 0.25) is 0 Å². The molecular weight excluding hydrogens is 424 g/mol. The van der Waals surface area contributed by atoms with E-state index in [1.54, 1.807) is 0 Å². The molecule has 2 aromatic carbocycles. The van der Waals surface area contributed by atoms with Crippen LogP contribution < -0.4 is 10.2 Å². The quantitative estimate of drug-likeness (QED) is 0.586. The van der Waals surface area contributed by atoms with Crippen LogP contribution in [-0.4, -0.2) is 19.0 Å². The zero-order valence-electron chi connectivity index (χ0n) is 16.1. The number of hydrogen-bond acceptors (Lipinski definition) is 2. The third kappa shape index (κ3) is 2.80. The Hall–Kier alpha value is -2.33. The van der Waals surface area contributed by atoms with Crippen molar-refractivity contribution in [3.05, 3.63) is 81.9 Å². The van der Waals surface area contributed by atoms with E-state index in [2.05, 4.69) is 62.6 Å². The molecule has 4 heteroatoms. The molecule has 0 fully saturated rings. The van der Waals surface area contributed by atoms with Crippen LogP contribution in [0.25, 0.3) is 0 Å². The number of carbonyl (C=O) groups is 1. The van der Waals surface area contributed by atoms with Crippen molar-refractivity contribution >= 4 is 33.2 Å². The number of anilines is 2. The maximum Gasteiger partial charge on any atom is 0.255 e. The van der Waals surface area contributed by atoms with Crippen LogP contribution in [0.15, 0.2) is 65.2 Å². The first-order valence-electron chi connectivity index (χ1n) is 10.5. The van der Waals surface area contributed by atoms with E-state index in [1.807, 2.05) is 24.3 Å². The van der Waals surface area contributed by atoms with Crippen molar-refractivity contribution in [2.24, 2.45) is 11.8 Å². The number of rotatable bonds is 2. The molecule has 1 amide bonds. The third-order valence-corrected chi connectivity index (χ3v) is 7.59. The van der Waals surface area contributed by atoms with Crippen LogP contribution >= 0.6 is 15.9 Å². The summed E-state index contributed by atoms with van der Waals surface area (Å²) < 4.78 is 1.01. The Morgan fingerprint density at radius 1 is 0.931 bits per heavy atom. The molecule has 3 nitrogen and oxygen atoms in total. The number of hydrogen-bond donors (Lipinski definition) is 1. The largest absolute Gasteiger partial charge is 0.370 e. The van der Waals surface area contributed by atoms with E-state index in [0.29, 0.717) is 23.7 Å². The van der Waals surface area contributed by atoms with Gasteiger partial charge in [-0.1, -0.05) is 40.2 Å². The molecule has 0 bridgehead atoms. The van der Waals surface area contributed by atoms with E-state index < -0.39 is 0 Å². The zero-order valence-corrected chi connectivity index (χ0v) is 17.7. The van der Waals surface area contributed by atoms with Gasteiger partial charge in [-0.15, -0.1) is 0 Å². The third-order valence-electron chi connectivity index (χ3n) is 7.06. The summed E-state index contributed by atoms with van der Waals surface area (Å²) in [6.07, 6.45) is 11.7. The fourth-order valence-electron chi connectivity index (χ4n) is 5.74. The summed E-state index contributed by atoms with van der Waals surface area (Å²) in [7, 11) is 0. The molecule has 2 heterocycles. The van der Waals surface area contributed by atoms with Gasteiger partial charge in [-0.25, -0.2) is 0 Å². The predicted octanol–water partition coefficient (Wildman–Crippen LogP) is 5.85. The topological polar surface area (TPSA) is 32.3 Å². The molecule has 29 heavy (non-hydrogen) atoms. The van der Waals surface area contributed by atoms with E-state index >= 15 is 0 Å². The zero-order chi connectivity index (χ0) is 19.5. The Morgan fingerprint density at radius 3 is 2.10 bits per heavy atom. The summed E-state index contributed by atoms with van der Waals surface area (Å²) in [5.41, 5.74) is 5.72. The highest BCUT2D eigenvalue weighted by molar-refractivity contribution is 9.10. The van der Waals surface area contributed by atoms with Gasteiger partial charge in [0.25, 0.3) is 5.91 Å². The first kappa shape index (κ1) is 17.5. The number of fused-ring (bicyclic) bond motifs is 4. The number of amides is 1. The van der Waals surface area contributed by atoms with Crippen LogP contribution in [0.1, 0.15) is 46.2 Å². The summed E-state index contributed by atoms with van der Waals surface area (Å²) in [6.45, 7) is 2.29. The Kier molecular flexibility index (Phi) is 3.98. The molecule has 4 aliphatic rings. The van der Waals surface area contributed by atoms with Crippen LogP contribution in [0.3, 0.4) is 0 Å². The molecule has 2 aromatic rings. The highest BCUT2D eigenvalue weighted by Crippen LogP contribution is 2.53. The maximum absolute atomic E-state index is 13.2. The van der Waals surface area contributed by atoms with E-state index in [0.717, 1.165) is 41.7 Å². The summed E-state index contributed by atoms with van der Waals surface area (Å²) in [5.74, 6) is 2.16. The smallest absolute Gasteiger partial charge is 0.255 e. The lowest BCUT2D eigenvalue weighted by molar-refractivity contribution is 0.102. The van der Waals surface area contributed by atoms with Gasteiger partial charge in [-0.2, -0.15) is 0 Å². The molecule has 0 unspecified atom stereocenters. The van der Waals surface area contributed by atoms with Gasteiger partial charge in [0.1, 0.15) is 0 Å². The minimum absolute atomic E-state index is 0.0221. The number of allylic oxidation sites excluding steroid dienone is 4. The fraction of sp³-hybridized carbons (Fsp3) is 0.320. The lowest BCUT2D eigenvalue weighted by Gasteiger charge is -2.46. The minimum atomic E-state index is -0.0221. The lowest BCUT2D eigenvalue weighted by atomic mass is 9.74. The Bertz CT molecular complexity index is 1000. The number of nitrogens with zero attached hydrogens (tertiary/aromatic N) is 1. The average molecular weight is 447 g/mol. The molecule has 1 N–H and O–H groups in total. The SMILES string of the molecule is O=C(Nc1ccc(Br)cc1)c1cc2c3c(c1)[C@@H]1C=CC[C@@H]1CN3C[C@H]1CC=C[C@H]21. The normalized spacial score (nSPS) is 28.1. The van der Waals surface area contributed by atoms with Crippen molar-refractivity contribution < 1.29 is 4.79 Å². The van der Waals surface area contributed by atoms with Gasteiger partial charge in [0.15, 0.2) is 0 Å². The van der Waals surface area contributed by atoms with Crippen molar-refractivity contribution in [1.82, 2.24) is 0 Å². The average Bonchev–Trinajstić information content (AvgIpc) is 3.39. The minimum Gasteiger partial charge on any atom is -0.370 e. The molecular formula is C25H23BrN2O. The first-order chi connectivity index (χ1) is 14.2. The maximum atomic E-state index is 13.2. The summed E-state index contributed by atoms with van der Waals surface area (Å²) >= 11 is 3.45. The summed E-state index contributed by atoms with van der Waals surface area (Å²) in [5, 5.41) is 3.08. The second-order valence-corrected chi connectivity index (χ2v) is 9.68. The second kappa shape index (κ2) is 6.60. The number of carbonyl (C=O) groups excluding carboxylic acids is 1. The molecule has 0 saturated carbocycles. The monoisotopic (exact) mass is 446 g/mol. The molecule has 6 rings (SSSR count). The van der Waals surface area contributed by atoms with Gasteiger partial charge >= 0.3 is 0 Å². The standard InChI is InChI=1S/C25H23BrN2O/c26-18-7-9-19(10-8-18)27-25(29)17-11-22-20-5-1-3-15(20)13-28-14-16-4-2-6-21(16)23(12-17)24(22)28/h1-2,5-12,15-16,20-21H,3-4,13-14H2,(H,27,29)/t15-,16-,20-,21+/m1/s1. The van der Waals surface area contributed by atoms with Gasteiger partial charge in [-0.3, -0.25) is 4.79 Å². The second-order valence-electron chi connectivity index (χ2n) is 8.77. The Balaban J connectivity index is 1.44. The lowest BCUT2D eigenvalue weighted by Crippen LogP contribution is -2.43. The molecule has 0 radical (unpaired) electrons. The summed E-state index contributed by atoms with van der Waals surface area (Å²) in [4.78, 5) is 15.8. The van der Waals surface area contributed by atoms with Crippen molar-refractivity contribution in [2.45, 2.75) is 24.7 Å². The Labute approximate surface area is 179 Å². The van der Waals surface area contributed by atoms with Crippen molar-refractivity contribution in [3.8, 4) is 0 Å². The van der Waals surface area contributed by atoms with E-state index in [-0.39, 0.29) is 5.91 Å². The van der Waals surface area contributed by atoms with Crippen LogP contribution in [-0.2, 0) is 0 Å². The number of benzene rings is 2. The predicted molar refractivity (Wildman–Crippen MR) is 121 cm³/mol. The fourth-order valence-corrected chi connectivity index (χ4v) is 6.01. The van der Waals surface area contributed by atoms with Gasteiger partial charge in [-0.05, 0) is 72.2 Å². The number of halogens is 1.